The summed E-state index contributed by atoms with van der Waals surface area (Å²) in [4.78, 5) is 18.7. The number of likely N-dealkylation sites (tertiary alicyclic amines) is 1. The molecule has 0 aliphatic carbocycles. The molecule has 6 heteroatoms. The van der Waals surface area contributed by atoms with Crippen molar-refractivity contribution in [3.63, 3.8) is 0 Å². The second kappa shape index (κ2) is 13.2. The number of guanidine groups is 1. The van der Waals surface area contributed by atoms with E-state index in [0.717, 1.165) is 43.1 Å². The molecule has 1 amide bonds. The number of carbonyl (C=O) groups excluding carboxylic acids is 1. The minimum Gasteiger partial charge on any atom is -0.356 e. The number of hydrogen-bond acceptors (Lipinski definition) is 3. The second-order valence-electron chi connectivity index (χ2n) is 7.46. The van der Waals surface area contributed by atoms with E-state index in [1.54, 1.807) is 7.05 Å². The Hall–Kier alpha value is -2.08. The Balaban J connectivity index is 1.69. The number of amides is 1. The van der Waals surface area contributed by atoms with Gasteiger partial charge in [-0.3, -0.25) is 9.79 Å². The molecule has 3 N–H and O–H groups in total. The number of hydrogen-bond donors (Lipinski definition) is 3. The summed E-state index contributed by atoms with van der Waals surface area (Å²) in [6, 6.07) is 7.95. The van der Waals surface area contributed by atoms with Crippen molar-refractivity contribution in [1.29, 1.82) is 0 Å². The zero-order chi connectivity index (χ0) is 20.0. The van der Waals surface area contributed by atoms with E-state index in [9.17, 15) is 4.79 Å². The summed E-state index contributed by atoms with van der Waals surface area (Å²) in [7, 11) is 1.80. The highest BCUT2D eigenvalue weighted by Crippen LogP contribution is 2.11. The normalized spacial score (nSPS) is 15.7. The van der Waals surface area contributed by atoms with Crippen molar-refractivity contribution in [2.75, 3.05) is 38.5 Å². The number of nitrogens with one attached hydrogen (secondary N) is 3. The van der Waals surface area contributed by atoms with Crippen LogP contribution in [0.15, 0.2) is 29.3 Å². The van der Waals surface area contributed by atoms with Crippen LogP contribution >= 0.6 is 0 Å². The summed E-state index contributed by atoms with van der Waals surface area (Å²) in [5.41, 5.74) is 1.96. The van der Waals surface area contributed by atoms with Gasteiger partial charge in [0.25, 0.3) is 0 Å². The first-order valence-corrected chi connectivity index (χ1v) is 10.8. The molecule has 1 heterocycles. The maximum Gasteiger partial charge on any atom is 0.224 e. The molecule has 0 atom stereocenters. The maximum atomic E-state index is 11.8. The molecule has 1 aliphatic heterocycles. The Kier molecular flexibility index (Phi) is 10.4. The van der Waals surface area contributed by atoms with E-state index in [2.05, 4.69) is 31.9 Å². The van der Waals surface area contributed by atoms with E-state index in [-0.39, 0.29) is 5.91 Å². The summed E-state index contributed by atoms with van der Waals surface area (Å²) < 4.78 is 0. The SMILES string of the molecule is CCCC(=O)Nc1cccc(CNC(=NC)NCCCN2CCCCCC2)c1. The predicted molar refractivity (Wildman–Crippen MR) is 118 cm³/mol. The van der Waals surface area contributed by atoms with Gasteiger partial charge in [0.2, 0.25) is 5.91 Å². The smallest absolute Gasteiger partial charge is 0.224 e. The van der Waals surface area contributed by atoms with Crippen molar-refractivity contribution in [2.45, 2.75) is 58.4 Å². The van der Waals surface area contributed by atoms with Crippen LogP contribution in [0.4, 0.5) is 5.69 Å². The van der Waals surface area contributed by atoms with Crippen molar-refractivity contribution >= 4 is 17.6 Å². The van der Waals surface area contributed by atoms with Gasteiger partial charge in [0.05, 0.1) is 0 Å². The predicted octanol–water partition coefficient (Wildman–Crippen LogP) is 3.36. The molecule has 1 aliphatic rings. The Morgan fingerprint density at radius 2 is 1.93 bits per heavy atom. The van der Waals surface area contributed by atoms with Crippen LogP contribution in [0.5, 0.6) is 0 Å². The van der Waals surface area contributed by atoms with Gasteiger partial charge in [-0.1, -0.05) is 31.9 Å². The van der Waals surface area contributed by atoms with Gasteiger partial charge < -0.3 is 20.9 Å². The van der Waals surface area contributed by atoms with Crippen molar-refractivity contribution in [3.05, 3.63) is 29.8 Å². The molecule has 1 aromatic carbocycles. The molecule has 1 fully saturated rings. The first-order valence-electron chi connectivity index (χ1n) is 10.8. The van der Waals surface area contributed by atoms with E-state index in [1.165, 1.54) is 38.8 Å². The summed E-state index contributed by atoms with van der Waals surface area (Å²) in [6.07, 6.45) is 7.98. The van der Waals surface area contributed by atoms with Gasteiger partial charge in [-0.25, -0.2) is 0 Å². The molecule has 0 bridgehead atoms. The molecule has 156 valence electrons. The zero-order valence-electron chi connectivity index (χ0n) is 17.6. The Bertz CT molecular complexity index is 609. The van der Waals surface area contributed by atoms with E-state index in [4.69, 9.17) is 0 Å². The van der Waals surface area contributed by atoms with Gasteiger partial charge in [0, 0.05) is 32.2 Å². The van der Waals surface area contributed by atoms with Gasteiger partial charge in [-0.05, 0) is 63.0 Å². The van der Waals surface area contributed by atoms with Gasteiger partial charge in [0.1, 0.15) is 0 Å². The van der Waals surface area contributed by atoms with Crippen LogP contribution in [0.1, 0.15) is 57.4 Å². The molecule has 0 aromatic heterocycles. The van der Waals surface area contributed by atoms with E-state index < -0.39 is 0 Å². The molecule has 0 unspecified atom stereocenters. The molecule has 1 aromatic rings. The standard InChI is InChI=1S/C22H37N5O/c1-3-10-21(28)26-20-12-8-11-19(17-20)18-25-22(23-2)24-13-9-16-27-14-6-4-5-7-15-27/h8,11-12,17H,3-7,9-10,13-16,18H2,1-2H3,(H,26,28)(H2,23,24,25). The lowest BCUT2D eigenvalue weighted by Gasteiger charge is -2.20. The highest BCUT2D eigenvalue weighted by Gasteiger charge is 2.08. The van der Waals surface area contributed by atoms with E-state index in [0.29, 0.717) is 13.0 Å². The van der Waals surface area contributed by atoms with Crippen LogP contribution in [0, 0.1) is 0 Å². The maximum absolute atomic E-state index is 11.8. The third kappa shape index (κ3) is 8.74. The lowest BCUT2D eigenvalue weighted by atomic mass is 10.2. The van der Waals surface area contributed by atoms with E-state index >= 15 is 0 Å². The highest BCUT2D eigenvalue weighted by molar-refractivity contribution is 5.90. The average Bonchev–Trinajstić information content (AvgIpc) is 2.97. The lowest BCUT2D eigenvalue weighted by molar-refractivity contribution is -0.116. The number of nitrogens with zero attached hydrogens (tertiary/aromatic N) is 2. The van der Waals surface area contributed by atoms with Gasteiger partial charge >= 0.3 is 0 Å². The van der Waals surface area contributed by atoms with Crippen LogP contribution in [0.25, 0.3) is 0 Å². The number of carbonyl (C=O) groups is 1. The highest BCUT2D eigenvalue weighted by atomic mass is 16.1. The van der Waals surface area contributed by atoms with Gasteiger partial charge in [0.15, 0.2) is 5.96 Å². The molecule has 6 nitrogen and oxygen atoms in total. The van der Waals surface area contributed by atoms with Crippen LogP contribution in [0.2, 0.25) is 0 Å². The van der Waals surface area contributed by atoms with Crippen molar-refractivity contribution in [3.8, 4) is 0 Å². The quantitative estimate of drug-likeness (QED) is 0.345. The van der Waals surface area contributed by atoms with Crippen molar-refractivity contribution < 1.29 is 4.79 Å². The molecule has 0 spiro atoms. The number of benzene rings is 1. The summed E-state index contributed by atoms with van der Waals surface area (Å²) in [6.45, 7) is 7.25. The second-order valence-corrected chi connectivity index (χ2v) is 7.46. The molecular weight excluding hydrogens is 350 g/mol. The third-order valence-corrected chi connectivity index (χ3v) is 5.01. The monoisotopic (exact) mass is 387 g/mol. The first kappa shape index (κ1) is 22.2. The fourth-order valence-corrected chi connectivity index (χ4v) is 3.49. The molecular formula is C22H37N5O. The fourth-order valence-electron chi connectivity index (χ4n) is 3.49. The van der Waals surface area contributed by atoms with E-state index in [1.807, 2.05) is 25.1 Å². The van der Waals surface area contributed by atoms with Gasteiger partial charge in [-0.15, -0.1) is 0 Å². The number of rotatable bonds is 9. The molecule has 28 heavy (non-hydrogen) atoms. The Labute approximate surface area is 170 Å². The third-order valence-electron chi connectivity index (χ3n) is 5.01. The summed E-state index contributed by atoms with van der Waals surface area (Å²) in [5.74, 6) is 0.880. The molecule has 2 rings (SSSR count). The Morgan fingerprint density at radius 3 is 2.64 bits per heavy atom. The van der Waals surface area contributed by atoms with Gasteiger partial charge in [-0.2, -0.15) is 0 Å². The first-order chi connectivity index (χ1) is 13.7. The van der Waals surface area contributed by atoms with Crippen molar-refractivity contribution in [1.82, 2.24) is 15.5 Å². The zero-order valence-corrected chi connectivity index (χ0v) is 17.6. The fraction of sp³-hybridized carbons (Fsp3) is 0.636. The minimum atomic E-state index is 0.0643. The lowest BCUT2D eigenvalue weighted by Crippen LogP contribution is -2.38. The minimum absolute atomic E-state index is 0.0643. The number of anilines is 1. The summed E-state index contributed by atoms with van der Waals surface area (Å²) in [5, 5.41) is 9.70. The van der Waals surface area contributed by atoms with Crippen LogP contribution in [-0.4, -0.2) is 50.0 Å². The van der Waals surface area contributed by atoms with Crippen LogP contribution in [-0.2, 0) is 11.3 Å². The number of aliphatic imine (C=N–C) groups is 1. The largest absolute Gasteiger partial charge is 0.356 e. The molecule has 0 radical (unpaired) electrons. The average molecular weight is 388 g/mol. The summed E-state index contributed by atoms with van der Waals surface area (Å²) >= 11 is 0. The van der Waals surface area contributed by atoms with Crippen LogP contribution in [0.3, 0.4) is 0 Å². The van der Waals surface area contributed by atoms with Crippen LogP contribution < -0.4 is 16.0 Å². The Morgan fingerprint density at radius 1 is 1.14 bits per heavy atom. The molecule has 0 saturated carbocycles. The molecule has 1 saturated heterocycles. The van der Waals surface area contributed by atoms with Crippen molar-refractivity contribution in [2.24, 2.45) is 4.99 Å². The topological polar surface area (TPSA) is 68.8 Å².